The predicted octanol–water partition coefficient (Wildman–Crippen LogP) is 3.60. The van der Waals surface area contributed by atoms with Gasteiger partial charge in [0.25, 0.3) is 30.1 Å². The number of benzene rings is 3. The number of thiophene rings is 3. The van der Waals surface area contributed by atoms with Crippen LogP contribution < -0.4 is 44.3 Å². The maximum absolute atomic E-state index is 13.4. The van der Waals surface area contributed by atoms with E-state index in [1.54, 1.807) is 129 Å². The van der Waals surface area contributed by atoms with Gasteiger partial charge in [-0.2, -0.15) is 12.9 Å². The Hall–Kier alpha value is -5.21. The molecule has 1 amide bonds. The molecule has 0 bridgehead atoms. The number of esters is 1. The topological polar surface area (TPSA) is 354 Å². The Morgan fingerprint density at radius 2 is 0.783 bits per heavy atom. The van der Waals surface area contributed by atoms with E-state index in [-0.39, 0.29) is 96.0 Å². The van der Waals surface area contributed by atoms with Gasteiger partial charge in [-0.3, -0.25) is 33.5 Å². The van der Waals surface area contributed by atoms with Crippen LogP contribution in [0.25, 0.3) is 0 Å². The van der Waals surface area contributed by atoms with E-state index in [9.17, 15) is 64.5 Å². The van der Waals surface area contributed by atoms with Crippen molar-refractivity contribution in [2.45, 2.75) is 133 Å². The van der Waals surface area contributed by atoms with Crippen LogP contribution in [0.3, 0.4) is 0 Å². The van der Waals surface area contributed by atoms with E-state index in [0.29, 0.717) is 163 Å². The number of sulfonamides is 3. The van der Waals surface area contributed by atoms with Gasteiger partial charge < -0.3 is 69.6 Å². The average molecular weight is 1730 g/mol. The second-order valence-electron chi connectivity index (χ2n) is 30.0. The van der Waals surface area contributed by atoms with Crippen molar-refractivity contribution >= 4 is 99.0 Å². The number of anilines is 3. The number of ether oxygens (including phenoxy) is 4. The summed E-state index contributed by atoms with van der Waals surface area (Å²) >= 11 is 3.67. The van der Waals surface area contributed by atoms with Crippen molar-refractivity contribution in [3.05, 3.63) is 142 Å². The fourth-order valence-corrected chi connectivity index (χ4v) is 22.4. The van der Waals surface area contributed by atoms with Gasteiger partial charge in [-0.25, -0.2) is 25.3 Å². The fourth-order valence-electron chi connectivity index (χ4n) is 14.6. The summed E-state index contributed by atoms with van der Waals surface area (Å²) < 4.78 is 123. The molecule has 12 rings (SSSR count). The molecule has 0 spiro atoms. The van der Waals surface area contributed by atoms with Crippen molar-refractivity contribution in [2.24, 2.45) is 0 Å². The Morgan fingerprint density at radius 1 is 0.496 bits per heavy atom. The van der Waals surface area contributed by atoms with Gasteiger partial charge >= 0.3 is 41.5 Å². The van der Waals surface area contributed by atoms with Crippen LogP contribution in [0, 0.1) is 0 Å². The minimum Gasteiger partial charge on any atom is -0.870 e. The molecule has 6 fully saturated rings. The second kappa shape index (κ2) is 44.9. The molecule has 6 aromatic rings. The van der Waals surface area contributed by atoms with E-state index in [1.807, 2.05) is 72.8 Å². The van der Waals surface area contributed by atoms with Crippen molar-refractivity contribution in [2.75, 3.05) is 187 Å². The number of aliphatic hydroxyl groups excluding tert-OH is 1. The number of carboxylic acid groups (broad SMARTS) is 1. The van der Waals surface area contributed by atoms with Gasteiger partial charge in [-0.1, -0.05) is 54.6 Å². The molecule has 6 aliphatic rings. The number of carbonyl (C=O) groups is 3. The largest absolute Gasteiger partial charge is 1.00 e. The van der Waals surface area contributed by atoms with Crippen LogP contribution in [0.4, 0.5) is 21.5 Å². The smallest absolute Gasteiger partial charge is 0.870 e. The van der Waals surface area contributed by atoms with Gasteiger partial charge in [0.05, 0.1) is 103 Å². The molecule has 37 heteroatoms. The molecule has 115 heavy (non-hydrogen) atoms. The molecular weight excluding hydrogens is 1620 g/mol. The number of halogens is 1. The number of nitrogens with zero attached hydrogens (tertiary/aromatic N) is 10. The first-order chi connectivity index (χ1) is 54.0. The molecule has 9 heterocycles. The van der Waals surface area contributed by atoms with Crippen LogP contribution in [-0.2, 0) is 80.2 Å². The van der Waals surface area contributed by atoms with Crippen LogP contribution in [0.15, 0.2) is 138 Å². The molecule has 6 atom stereocenters. The van der Waals surface area contributed by atoms with E-state index in [4.69, 9.17) is 25.4 Å². The minimum absolute atomic E-state index is 0. The molecule has 6 aliphatic heterocycles. The van der Waals surface area contributed by atoms with Crippen molar-refractivity contribution in [1.82, 2.24) is 32.5 Å². The summed E-state index contributed by atoms with van der Waals surface area (Å²) in [5, 5.41) is 52.8. The SMILES string of the molecule is CC(C)(O)c1ccc(N2CCN(S(=O)(=O)c3cccs3)C[C@@H]2CN2CCOCC2CC(=O)O)cc1.CCOC(=O)CC1COCCN1C[C@H]1CN(S(=O)(=O)c2cccs2)CCN1c1ccc(C(C)(C)O)cc1.CN(C)C(=O)CC1COCCN1C[C@H]1CN(S(=O)(=O)c2cccs2)CCN1c1ccc(C(C)(C)O)cc1.CO.[2H]CF.[Na+].[OH-]. The van der Waals surface area contributed by atoms with Crippen molar-refractivity contribution < 1.29 is 125 Å². The summed E-state index contributed by atoms with van der Waals surface area (Å²) in [6.45, 7) is 22.8. The Balaban J connectivity index is 0.000000261. The van der Waals surface area contributed by atoms with Crippen molar-refractivity contribution in [3.63, 3.8) is 0 Å². The van der Waals surface area contributed by atoms with Crippen molar-refractivity contribution in [3.8, 4) is 0 Å². The average Bonchev–Trinajstić information content (AvgIpc) is 1.58. The second-order valence-corrected chi connectivity index (χ2v) is 39.4. The van der Waals surface area contributed by atoms with E-state index in [2.05, 4.69) is 29.4 Å². The maximum Gasteiger partial charge on any atom is 1.00 e. The maximum atomic E-state index is 13.4. The Kier molecular flexibility index (Phi) is 37.8. The summed E-state index contributed by atoms with van der Waals surface area (Å²) in [6.07, 6.45) is 0.569. The Bertz CT molecular complexity index is 4290. The van der Waals surface area contributed by atoms with E-state index < -0.39 is 60.0 Å². The van der Waals surface area contributed by atoms with Gasteiger partial charge in [0.15, 0.2) is 0 Å². The third-order valence-corrected chi connectivity index (χ3v) is 30.4. The molecule has 0 radical (unpaired) electrons. The summed E-state index contributed by atoms with van der Waals surface area (Å²) in [5.41, 5.74) is 2.50. The molecule has 29 nitrogen and oxygen atoms in total. The van der Waals surface area contributed by atoms with Crippen molar-refractivity contribution in [1.29, 1.82) is 0 Å². The quantitative estimate of drug-likeness (QED) is 0.0404. The standard InChI is InChI=1S/C26H38N4O5S2.C26H37N3O6S2.C24H33N3O6S2.CH3F.CH4O.Na.H2O/c1-26(2,32)20-7-9-21(10-8-20)30-12-11-29(37(33,34)25-6-5-15-36-25)18-23(30)17-28-13-14-35-19-22(28)16-24(31)27(3)4;1-4-35-24(30)16-22-19-34-14-13-27(22)17-23-18-28(37(32,33)25-6-5-15-36-25)11-12-29(23)21-9-7-20(8-10-21)26(2,3)31;1-24(2,30)18-5-7-19(8-6-18)27-10-9-26(35(31,32)23-4-3-13-34-23)16-21(27)15-25-11-12-33-17-20(25)14-22(28)29;2*1-2;;/h5-10,15,22-23,32H,11-14,16-19H2,1-4H3;5-10,15,22-23,31H,4,11-14,16-19H2,1-3H3;3-8,13,20-21,30H,9-12,14-17H2,1-2H3,(H,28,29);1H3;2H,1H3;;1H2/q;;;;;+1;/p-1/t2*22?,23-;20?,21-;;;;/m000..../s1/i;;;1D;;;. The van der Waals surface area contributed by atoms with Gasteiger partial charge in [-0.15, -0.1) is 34.0 Å². The Morgan fingerprint density at radius 3 is 1.03 bits per heavy atom. The first-order valence-electron chi connectivity index (χ1n) is 38.5. The predicted molar refractivity (Wildman–Crippen MR) is 440 cm³/mol. The number of carboxylic acids is 1. The molecule has 3 unspecified atom stereocenters. The first-order valence-corrected chi connectivity index (χ1v) is 44.7. The number of hydrogen-bond donors (Lipinski definition) is 5. The van der Waals surface area contributed by atoms with Crippen LogP contribution in [0.2, 0.25) is 0 Å². The van der Waals surface area contributed by atoms with Gasteiger partial charge in [0.1, 0.15) is 12.6 Å². The summed E-state index contributed by atoms with van der Waals surface area (Å²) in [4.78, 5) is 51.1. The monoisotopic (exact) mass is 1730 g/mol. The number of amides is 1. The van der Waals surface area contributed by atoms with E-state index in [1.165, 1.54) is 38.3 Å². The molecule has 0 aliphatic carbocycles. The number of carbonyl (C=O) groups excluding carboxylic acids is 2. The number of piperazine rings is 3. The number of morpholine rings is 3. The zero-order valence-electron chi connectivity index (χ0n) is 68.8. The Labute approximate surface area is 713 Å². The van der Waals surface area contributed by atoms with Crippen LogP contribution >= 0.6 is 34.0 Å². The number of aliphatic carboxylic acids is 1. The third kappa shape index (κ3) is 26.9. The number of alkyl halides is 1. The minimum atomic E-state index is -3.60. The normalized spacial score (nSPS) is 21.5. The van der Waals surface area contributed by atoms with E-state index >= 15 is 0 Å². The summed E-state index contributed by atoms with van der Waals surface area (Å²) in [7, 11) is -7.26. The van der Waals surface area contributed by atoms with Crippen LogP contribution in [0.5, 0.6) is 0 Å². The summed E-state index contributed by atoms with van der Waals surface area (Å²) in [5.74, 6) is -1.09. The van der Waals surface area contributed by atoms with Crippen LogP contribution in [0.1, 0.15) is 85.8 Å². The molecule has 3 aromatic heterocycles. The molecule has 636 valence electrons. The third-order valence-electron chi connectivity index (χ3n) is 20.7. The number of hydrogen-bond acceptors (Lipinski definition) is 27. The molecule has 3 aromatic carbocycles. The number of aliphatic hydroxyl groups is 4. The first kappa shape index (κ1) is 96.9. The molecule has 6 N–H and O–H groups in total. The zero-order valence-corrected chi connectivity index (χ0v) is 74.7. The molecule has 0 saturated carbocycles. The van der Waals surface area contributed by atoms with Gasteiger partial charge in [-0.05, 0) is 136 Å². The van der Waals surface area contributed by atoms with Gasteiger partial charge in [0.2, 0.25) is 5.91 Å². The number of rotatable bonds is 25. The van der Waals surface area contributed by atoms with E-state index in [0.717, 1.165) is 40.9 Å². The van der Waals surface area contributed by atoms with Crippen LogP contribution in [-0.4, -0.2) is 316 Å². The molecular formula is C78H116FN10NaO19S6. The fraction of sp³-hybridized carbons (Fsp3) is 0.577. The molecule has 6 saturated heterocycles. The summed E-state index contributed by atoms with van der Waals surface area (Å²) in [6, 6.07) is 32.6. The zero-order chi connectivity index (χ0) is 83.3. The van der Waals surface area contributed by atoms with Gasteiger partial charge in [0, 0.05) is 161 Å².